The van der Waals surface area contributed by atoms with Crippen LogP contribution in [-0.4, -0.2) is 217 Å². The molecule has 3 aromatic heterocycles. The first kappa shape index (κ1) is 61.5. The molecule has 78 heavy (non-hydrogen) atoms. The molecule has 2 aliphatic heterocycles. The van der Waals surface area contributed by atoms with E-state index in [0.717, 1.165) is 38.8 Å². The molecule has 7 rings (SSSR count). The Bertz CT molecular complexity index is 2480. The lowest BCUT2D eigenvalue weighted by Gasteiger charge is -2.52. The molecule has 5 heterocycles. The van der Waals surface area contributed by atoms with Crippen molar-refractivity contribution in [3.05, 3.63) is 53.0 Å². The van der Waals surface area contributed by atoms with E-state index in [9.17, 15) is 32.7 Å². The molecule has 1 saturated carbocycles. The van der Waals surface area contributed by atoms with Gasteiger partial charge in [0.25, 0.3) is 0 Å². The highest BCUT2D eigenvalue weighted by molar-refractivity contribution is 7.51. The minimum atomic E-state index is -4.43. The number of carbonyl (C=O) groups excluding carboxylic acids is 1. The highest BCUT2D eigenvalue weighted by Gasteiger charge is 2.48. The predicted molar refractivity (Wildman–Crippen MR) is 264 cm³/mol. The number of hydrogen-bond donors (Lipinski definition) is 4. The monoisotopic (exact) mass is 1150 g/mol. The van der Waals surface area contributed by atoms with Crippen LogP contribution in [0.5, 0.6) is 5.75 Å². The first-order chi connectivity index (χ1) is 37.7. The molecule has 4 aromatic rings. The fourth-order valence-corrected chi connectivity index (χ4v) is 9.29. The van der Waals surface area contributed by atoms with Crippen LogP contribution in [0.1, 0.15) is 44.0 Å². The topological polar surface area (TPSA) is 303 Å². The van der Waals surface area contributed by atoms with E-state index >= 15 is 0 Å². The average Bonchev–Trinajstić information content (AvgIpc) is 4.25. The second kappa shape index (κ2) is 31.2. The molecular formula is C47H67ClF3N8O18P. The van der Waals surface area contributed by atoms with Crippen molar-refractivity contribution in [2.45, 2.75) is 75.9 Å². The average molecular weight is 1160 g/mol. The Balaban J connectivity index is 0.615. The van der Waals surface area contributed by atoms with Crippen molar-refractivity contribution < 1.29 is 99.4 Å². The van der Waals surface area contributed by atoms with Gasteiger partial charge in [-0.3, -0.25) is 9.36 Å². The molecule has 0 amide bonds. The van der Waals surface area contributed by atoms with Crippen molar-refractivity contribution >= 4 is 42.0 Å². The number of piperidine rings is 1. The van der Waals surface area contributed by atoms with Gasteiger partial charge < -0.3 is 81.7 Å². The number of aliphatic hydroxyl groups is 2. The maximum absolute atomic E-state index is 13.6. The molecule has 1 unspecified atom stereocenters. The normalized spacial score (nSPS) is 19.6. The number of halogens is 4. The SMILES string of the molecule is O=C(CCOCCOCCOCCOCCn1cc(COCCOCCOCCOCCOC2CC3(CCN(c4nc(Cl)nc5c4cnn5[C@@H]4OC(COCP(=O)(O)O)[C@@H](O)[C@H]4O)CC3)C2)nn1)Oc1c(F)cc(F)cc1F. The van der Waals surface area contributed by atoms with Gasteiger partial charge in [-0.05, 0) is 42.7 Å². The molecule has 0 bridgehead atoms. The van der Waals surface area contributed by atoms with Crippen LogP contribution in [0, 0.1) is 22.9 Å². The Kier molecular flexibility index (Phi) is 24.6. The summed E-state index contributed by atoms with van der Waals surface area (Å²) in [7, 11) is -4.43. The Labute approximate surface area is 451 Å². The minimum Gasteiger partial charge on any atom is -0.420 e. The van der Waals surface area contributed by atoms with E-state index in [2.05, 4.69) is 35.0 Å². The number of carbonyl (C=O) groups is 1. The summed E-state index contributed by atoms with van der Waals surface area (Å²) in [5.74, 6) is -5.02. The van der Waals surface area contributed by atoms with Crippen LogP contribution < -0.4 is 9.64 Å². The minimum absolute atomic E-state index is 0.0211. The molecule has 31 heteroatoms. The van der Waals surface area contributed by atoms with Crippen LogP contribution in [0.25, 0.3) is 11.0 Å². The van der Waals surface area contributed by atoms with Gasteiger partial charge in [0.05, 0.1) is 156 Å². The van der Waals surface area contributed by atoms with Gasteiger partial charge in [0, 0.05) is 25.2 Å². The van der Waals surface area contributed by atoms with Crippen molar-refractivity contribution in [3.63, 3.8) is 0 Å². The van der Waals surface area contributed by atoms with Crippen LogP contribution in [0.15, 0.2) is 24.5 Å². The Morgan fingerprint density at radius 2 is 1.35 bits per heavy atom. The summed E-state index contributed by atoms with van der Waals surface area (Å²) in [4.78, 5) is 40.9. The number of ether oxygens (including phenoxy) is 12. The number of hydrogen-bond acceptors (Lipinski definition) is 22. The van der Waals surface area contributed by atoms with Crippen molar-refractivity contribution in [3.8, 4) is 5.75 Å². The Morgan fingerprint density at radius 1 is 0.769 bits per heavy atom. The van der Waals surface area contributed by atoms with Crippen molar-refractivity contribution in [2.75, 3.05) is 137 Å². The number of rotatable bonds is 37. The van der Waals surface area contributed by atoms with Crippen LogP contribution in [-0.2, 0) is 74.6 Å². The van der Waals surface area contributed by atoms with Gasteiger partial charge in [0.2, 0.25) is 11.0 Å². The fraction of sp³-hybridized carbons (Fsp3) is 0.702. The van der Waals surface area contributed by atoms with E-state index in [1.165, 1.54) is 4.68 Å². The first-order valence-electron chi connectivity index (χ1n) is 25.4. The number of aliphatic hydroxyl groups excluding tert-OH is 2. The maximum Gasteiger partial charge on any atom is 0.350 e. The molecule has 2 saturated heterocycles. The lowest BCUT2D eigenvalue weighted by atomic mass is 9.61. The Hall–Kier alpha value is -4.11. The summed E-state index contributed by atoms with van der Waals surface area (Å²) in [6.45, 7) is 7.53. The summed E-state index contributed by atoms with van der Waals surface area (Å²) in [5, 5.41) is 34.5. The number of esters is 1. The molecule has 1 aliphatic carbocycles. The van der Waals surface area contributed by atoms with Crippen LogP contribution in [0.2, 0.25) is 5.28 Å². The number of aromatic nitrogens is 7. The van der Waals surface area contributed by atoms with Gasteiger partial charge in [-0.1, -0.05) is 5.21 Å². The highest BCUT2D eigenvalue weighted by Crippen LogP contribution is 2.51. The highest BCUT2D eigenvalue weighted by atomic mass is 35.5. The summed E-state index contributed by atoms with van der Waals surface area (Å²) in [5.41, 5.74) is 1.16. The molecule has 4 N–H and O–H groups in total. The third-order valence-corrected chi connectivity index (χ3v) is 13.4. The lowest BCUT2D eigenvalue weighted by Crippen LogP contribution is -2.50. The van der Waals surface area contributed by atoms with Crippen molar-refractivity contribution in [1.82, 2.24) is 34.7 Å². The predicted octanol–water partition coefficient (Wildman–Crippen LogP) is 2.35. The number of benzene rings is 1. The molecule has 436 valence electrons. The Morgan fingerprint density at radius 3 is 1.96 bits per heavy atom. The van der Waals surface area contributed by atoms with E-state index in [-0.39, 0.29) is 56.3 Å². The molecule has 1 spiro atoms. The van der Waals surface area contributed by atoms with Gasteiger partial charge in [-0.2, -0.15) is 15.1 Å². The molecule has 1 aromatic carbocycles. The number of fused-ring (bicyclic) bond motifs is 1. The zero-order valence-corrected chi connectivity index (χ0v) is 44.5. The zero-order valence-electron chi connectivity index (χ0n) is 42.8. The standard InChI is InChI=1S/C47H67ClF3N8O18P/c48-46-53-43(35-27-52-59(44(35)54-46)45-41(62)40(61)38(76-45)30-74-31-78(63,64)65)57-4-2-47(3-5-57)25-34(26-47)75-22-21-72-18-17-70-15-16-71-19-20-73-29-33-28-58(56-55-33)6-8-67-10-12-69-14-13-68-11-9-66-7-1-39(60)77-42-36(50)23-32(49)24-37(42)51/h23-24,27-28,34,38,40-41,45,61-62H,1-22,25-26,29-31H2,(H2,63,64,65)/t38?,40-,41-,45-/m1/s1. The summed E-state index contributed by atoms with van der Waals surface area (Å²) >= 11 is 6.38. The van der Waals surface area contributed by atoms with E-state index in [1.807, 2.05) is 0 Å². The second-order valence-corrected chi connectivity index (χ2v) is 20.4. The summed E-state index contributed by atoms with van der Waals surface area (Å²) in [6.07, 6.45) is 1.15. The second-order valence-electron chi connectivity index (χ2n) is 18.5. The maximum atomic E-state index is 13.6. The molecule has 3 fully saturated rings. The molecular weight excluding hydrogens is 1090 g/mol. The molecule has 26 nitrogen and oxygen atoms in total. The summed E-state index contributed by atoms with van der Waals surface area (Å²) in [6, 6.07) is 0.838. The largest absolute Gasteiger partial charge is 0.420 e. The molecule has 3 aliphatic rings. The fourth-order valence-electron chi connectivity index (χ4n) is 8.78. The lowest BCUT2D eigenvalue weighted by molar-refractivity contribution is -0.136. The van der Waals surface area contributed by atoms with Crippen LogP contribution in [0.4, 0.5) is 19.0 Å². The smallest absolute Gasteiger partial charge is 0.350 e. The van der Waals surface area contributed by atoms with E-state index < -0.39 is 67.7 Å². The first-order valence-corrected chi connectivity index (χ1v) is 27.6. The summed E-state index contributed by atoms with van der Waals surface area (Å²) < 4.78 is 120. The van der Waals surface area contributed by atoms with Gasteiger partial charge >= 0.3 is 13.6 Å². The molecule has 0 radical (unpaired) electrons. The number of anilines is 1. The molecule has 4 atom stereocenters. The van der Waals surface area contributed by atoms with E-state index in [0.29, 0.717) is 127 Å². The van der Waals surface area contributed by atoms with Crippen LogP contribution >= 0.6 is 19.2 Å². The van der Waals surface area contributed by atoms with Crippen LogP contribution in [0.3, 0.4) is 0 Å². The third kappa shape index (κ3) is 19.3. The van der Waals surface area contributed by atoms with E-state index in [4.69, 9.17) is 73.5 Å². The van der Waals surface area contributed by atoms with E-state index in [1.54, 1.807) is 17.1 Å². The van der Waals surface area contributed by atoms with Gasteiger partial charge in [0.15, 0.2) is 23.5 Å². The van der Waals surface area contributed by atoms with Gasteiger partial charge in [-0.25, -0.2) is 22.5 Å². The van der Waals surface area contributed by atoms with Gasteiger partial charge in [-0.15, -0.1) is 5.10 Å². The quantitative estimate of drug-likeness (QED) is 0.0166. The van der Waals surface area contributed by atoms with Gasteiger partial charge in [0.1, 0.15) is 42.0 Å². The number of nitrogens with zero attached hydrogens (tertiary/aromatic N) is 8. The zero-order chi connectivity index (χ0) is 55.3. The van der Waals surface area contributed by atoms with Crippen molar-refractivity contribution in [2.24, 2.45) is 5.41 Å². The van der Waals surface area contributed by atoms with Crippen molar-refractivity contribution in [1.29, 1.82) is 0 Å². The third-order valence-electron chi connectivity index (χ3n) is 12.7.